The summed E-state index contributed by atoms with van der Waals surface area (Å²) in [7, 11) is 0. The molecular formula is C14H22N2. The molecule has 1 aliphatic carbocycles. The second kappa shape index (κ2) is 4.88. The summed E-state index contributed by atoms with van der Waals surface area (Å²) in [4.78, 5) is 2.50. The summed E-state index contributed by atoms with van der Waals surface area (Å²) in [5.74, 6) is 0.693. The quantitative estimate of drug-likeness (QED) is 0.787. The molecule has 0 radical (unpaired) electrons. The van der Waals surface area contributed by atoms with Crippen LogP contribution in [-0.2, 0) is 6.42 Å². The molecule has 0 bridgehead atoms. The molecular weight excluding hydrogens is 196 g/mol. The Kier molecular flexibility index (Phi) is 3.49. The van der Waals surface area contributed by atoms with Crippen LogP contribution in [0.4, 0.5) is 5.69 Å². The molecule has 0 heterocycles. The zero-order valence-corrected chi connectivity index (χ0v) is 10.4. The third-order valence-corrected chi connectivity index (χ3v) is 3.74. The monoisotopic (exact) mass is 218 g/mol. The minimum atomic E-state index is 0.693. The van der Waals surface area contributed by atoms with E-state index in [1.165, 1.54) is 30.5 Å². The highest BCUT2D eigenvalue weighted by atomic mass is 15.1. The van der Waals surface area contributed by atoms with E-state index >= 15 is 0 Å². The fraction of sp³-hybridized carbons (Fsp3) is 0.571. The third-order valence-electron chi connectivity index (χ3n) is 3.74. The predicted molar refractivity (Wildman–Crippen MR) is 69.7 cm³/mol. The van der Waals surface area contributed by atoms with Gasteiger partial charge in [-0.15, -0.1) is 0 Å². The van der Waals surface area contributed by atoms with Crippen LogP contribution in [0.5, 0.6) is 0 Å². The van der Waals surface area contributed by atoms with Gasteiger partial charge in [-0.2, -0.15) is 0 Å². The summed E-state index contributed by atoms with van der Waals surface area (Å²) in [5.41, 5.74) is 9.78. The first-order valence-electron chi connectivity index (χ1n) is 6.35. The smallest absolute Gasteiger partial charge is 0.0317 e. The minimum absolute atomic E-state index is 0.693. The molecule has 0 saturated heterocycles. The van der Waals surface area contributed by atoms with Crippen molar-refractivity contribution in [3.8, 4) is 0 Å². The van der Waals surface area contributed by atoms with Gasteiger partial charge in [-0.3, -0.25) is 0 Å². The molecule has 1 atom stereocenters. The van der Waals surface area contributed by atoms with Crippen molar-refractivity contribution < 1.29 is 0 Å². The van der Waals surface area contributed by atoms with E-state index in [-0.39, 0.29) is 0 Å². The van der Waals surface area contributed by atoms with Crippen molar-refractivity contribution in [2.45, 2.75) is 32.6 Å². The third kappa shape index (κ3) is 2.22. The van der Waals surface area contributed by atoms with Crippen molar-refractivity contribution in [3.63, 3.8) is 0 Å². The van der Waals surface area contributed by atoms with Gasteiger partial charge in [0.05, 0.1) is 0 Å². The summed E-state index contributed by atoms with van der Waals surface area (Å²) in [5, 5.41) is 0. The van der Waals surface area contributed by atoms with Crippen molar-refractivity contribution in [2.75, 3.05) is 25.4 Å². The maximum Gasteiger partial charge on any atom is 0.0317 e. The number of fused-ring (bicyclic) bond motifs is 1. The highest BCUT2D eigenvalue weighted by Gasteiger charge is 2.23. The lowest BCUT2D eigenvalue weighted by molar-refractivity contribution is 0.282. The van der Waals surface area contributed by atoms with Crippen LogP contribution in [0.1, 0.15) is 37.3 Å². The normalized spacial score (nSPS) is 19.1. The number of anilines is 1. The van der Waals surface area contributed by atoms with Crippen molar-refractivity contribution in [1.82, 2.24) is 4.90 Å². The van der Waals surface area contributed by atoms with Crippen molar-refractivity contribution in [3.05, 3.63) is 29.3 Å². The van der Waals surface area contributed by atoms with Gasteiger partial charge >= 0.3 is 0 Å². The molecule has 0 spiro atoms. The van der Waals surface area contributed by atoms with E-state index in [4.69, 9.17) is 5.73 Å². The van der Waals surface area contributed by atoms with E-state index in [0.29, 0.717) is 5.92 Å². The second-order valence-corrected chi connectivity index (χ2v) is 4.68. The molecule has 2 rings (SSSR count). The molecule has 2 heteroatoms. The molecule has 1 aromatic rings. The topological polar surface area (TPSA) is 29.3 Å². The molecule has 0 aliphatic heterocycles. The van der Waals surface area contributed by atoms with Crippen molar-refractivity contribution in [1.29, 1.82) is 0 Å². The highest BCUT2D eigenvalue weighted by molar-refractivity contribution is 5.48. The number of benzene rings is 1. The molecule has 0 aromatic heterocycles. The predicted octanol–water partition coefficient (Wildman–Crippen LogP) is 2.64. The van der Waals surface area contributed by atoms with Gasteiger partial charge in [-0.25, -0.2) is 0 Å². The molecule has 1 unspecified atom stereocenters. The van der Waals surface area contributed by atoms with Gasteiger partial charge in [0, 0.05) is 12.2 Å². The molecule has 0 saturated carbocycles. The van der Waals surface area contributed by atoms with Crippen molar-refractivity contribution in [2.24, 2.45) is 0 Å². The summed E-state index contributed by atoms with van der Waals surface area (Å²) in [6, 6.07) is 6.40. The Labute approximate surface area is 98.4 Å². The average Bonchev–Trinajstić information content (AvgIpc) is 2.68. The van der Waals surface area contributed by atoms with E-state index in [2.05, 4.69) is 30.9 Å². The second-order valence-electron chi connectivity index (χ2n) is 4.68. The van der Waals surface area contributed by atoms with E-state index < -0.39 is 0 Å². The summed E-state index contributed by atoms with van der Waals surface area (Å²) in [6.45, 7) is 7.94. The number of hydrogen-bond acceptors (Lipinski definition) is 2. The fourth-order valence-corrected chi connectivity index (χ4v) is 2.69. The number of nitrogen functional groups attached to an aromatic ring is 1. The minimum Gasteiger partial charge on any atom is -0.399 e. The van der Waals surface area contributed by atoms with Gasteiger partial charge in [-0.1, -0.05) is 19.9 Å². The van der Waals surface area contributed by atoms with Crippen LogP contribution in [0.2, 0.25) is 0 Å². The Balaban J connectivity index is 2.13. The number of likely N-dealkylation sites (N-methyl/N-ethyl adjacent to an activating group) is 1. The number of aryl methyl sites for hydroxylation is 1. The molecule has 2 nitrogen and oxygen atoms in total. The zero-order chi connectivity index (χ0) is 11.5. The van der Waals surface area contributed by atoms with Gasteiger partial charge in [0.15, 0.2) is 0 Å². The first kappa shape index (κ1) is 11.5. The maximum absolute atomic E-state index is 5.88. The Bertz CT molecular complexity index is 356. The molecule has 0 amide bonds. The Morgan fingerprint density at radius 1 is 1.31 bits per heavy atom. The Morgan fingerprint density at radius 3 is 2.75 bits per heavy atom. The van der Waals surface area contributed by atoms with E-state index in [1.54, 1.807) is 0 Å². The molecule has 16 heavy (non-hydrogen) atoms. The van der Waals surface area contributed by atoms with E-state index in [9.17, 15) is 0 Å². The molecule has 1 aliphatic rings. The summed E-state index contributed by atoms with van der Waals surface area (Å²) in [6.07, 6.45) is 2.51. The average molecular weight is 218 g/mol. The molecule has 2 N–H and O–H groups in total. The first-order chi connectivity index (χ1) is 7.74. The SMILES string of the molecule is CCN(CC)CC1CCc2ccc(N)cc21. The highest BCUT2D eigenvalue weighted by Crippen LogP contribution is 2.34. The van der Waals surface area contributed by atoms with E-state index in [0.717, 1.165) is 18.8 Å². The lowest BCUT2D eigenvalue weighted by Gasteiger charge is -2.23. The maximum atomic E-state index is 5.88. The fourth-order valence-electron chi connectivity index (χ4n) is 2.69. The zero-order valence-electron chi connectivity index (χ0n) is 10.4. The Hall–Kier alpha value is -1.02. The largest absolute Gasteiger partial charge is 0.399 e. The van der Waals surface area contributed by atoms with E-state index in [1.807, 2.05) is 6.07 Å². The number of nitrogens with two attached hydrogens (primary N) is 1. The number of nitrogens with zero attached hydrogens (tertiary/aromatic N) is 1. The lowest BCUT2D eigenvalue weighted by atomic mass is 10.00. The standard InChI is InChI=1S/C14H22N2/c1-3-16(4-2)10-12-6-5-11-7-8-13(15)9-14(11)12/h7-9,12H,3-6,10,15H2,1-2H3. The Morgan fingerprint density at radius 2 is 2.06 bits per heavy atom. The van der Waals surface area contributed by atoms with Crippen LogP contribution >= 0.6 is 0 Å². The molecule has 1 aromatic carbocycles. The number of hydrogen-bond donors (Lipinski definition) is 1. The van der Waals surface area contributed by atoms with Gasteiger partial charge in [0.1, 0.15) is 0 Å². The van der Waals surface area contributed by atoms with Crippen LogP contribution in [0, 0.1) is 0 Å². The van der Waals surface area contributed by atoms with Gasteiger partial charge in [-0.05, 0) is 55.1 Å². The lowest BCUT2D eigenvalue weighted by Crippen LogP contribution is -2.27. The van der Waals surface area contributed by atoms with Crippen LogP contribution in [-0.4, -0.2) is 24.5 Å². The first-order valence-corrected chi connectivity index (χ1v) is 6.35. The molecule has 88 valence electrons. The number of rotatable bonds is 4. The van der Waals surface area contributed by atoms with Crippen LogP contribution in [0.15, 0.2) is 18.2 Å². The molecule has 0 fully saturated rings. The summed E-state index contributed by atoms with van der Waals surface area (Å²) < 4.78 is 0. The van der Waals surface area contributed by atoms with Crippen LogP contribution in [0.25, 0.3) is 0 Å². The van der Waals surface area contributed by atoms with Crippen LogP contribution < -0.4 is 5.73 Å². The van der Waals surface area contributed by atoms with Crippen molar-refractivity contribution >= 4 is 5.69 Å². The van der Waals surface area contributed by atoms with Gasteiger partial charge in [0.2, 0.25) is 0 Å². The summed E-state index contributed by atoms with van der Waals surface area (Å²) >= 11 is 0. The van der Waals surface area contributed by atoms with Gasteiger partial charge < -0.3 is 10.6 Å². The van der Waals surface area contributed by atoms with Crippen LogP contribution in [0.3, 0.4) is 0 Å². The van der Waals surface area contributed by atoms with Gasteiger partial charge in [0.25, 0.3) is 0 Å².